The molecule has 1 heterocycles. The van der Waals surface area contributed by atoms with Crippen molar-refractivity contribution in [2.75, 3.05) is 48.4 Å². The molecular formula is C18H20ClN3O2. The third-order valence-electron chi connectivity index (χ3n) is 3.82. The van der Waals surface area contributed by atoms with Crippen LogP contribution in [0.25, 0.3) is 0 Å². The molecule has 3 rings (SSSR count). The Morgan fingerprint density at radius 3 is 2.54 bits per heavy atom. The molecule has 0 unspecified atom stereocenters. The van der Waals surface area contributed by atoms with E-state index in [4.69, 9.17) is 16.3 Å². The number of nitrogens with zero attached hydrogens (tertiary/aromatic N) is 1. The van der Waals surface area contributed by atoms with Crippen molar-refractivity contribution in [1.29, 1.82) is 0 Å². The molecule has 2 N–H and O–H groups in total. The minimum atomic E-state index is -0.103. The molecule has 1 aliphatic heterocycles. The van der Waals surface area contributed by atoms with Crippen molar-refractivity contribution in [3.8, 4) is 0 Å². The first-order valence-corrected chi connectivity index (χ1v) is 8.31. The van der Waals surface area contributed by atoms with Crippen LogP contribution in [0.4, 0.5) is 17.1 Å². The van der Waals surface area contributed by atoms with Crippen LogP contribution in [0.2, 0.25) is 5.02 Å². The van der Waals surface area contributed by atoms with Gasteiger partial charge in [0.15, 0.2) is 0 Å². The first-order chi connectivity index (χ1) is 11.7. The molecular weight excluding hydrogens is 326 g/mol. The first-order valence-electron chi connectivity index (χ1n) is 7.93. The number of ether oxygens (including phenoxy) is 1. The molecule has 2 aromatic carbocycles. The van der Waals surface area contributed by atoms with Gasteiger partial charge in [0.1, 0.15) is 0 Å². The van der Waals surface area contributed by atoms with Gasteiger partial charge in [-0.05, 0) is 36.4 Å². The Bertz CT molecular complexity index is 685. The third-order valence-corrected chi connectivity index (χ3v) is 4.08. The number of carbonyl (C=O) groups is 1. The Hall–Kier alpha value is -2.24. The number of para-hydroxylation sites is 2. The number of nitrogens with one attached hydrogen (secondary N) is 2. The summed E-state index contributed by atoms with van der Waals surface area (Å²) in [6, 6.07) is 15.1. The molecule has 0 aromatic heterocycles. The molecule has 0 radical (unpaired) electrons. The fourth-order valence-electron chi connectivity index (χ4n) is 2.62. The van der Waals surface area contributed by atoms with Crippen LogP contribution in [0.15, 0.2) is 48.5 Å². The van der Waals surface area contributed by atoms with Gasteiger partial charge in [0.05, 0.1) is 31.1 Å². The van der Waals surface area contributed by atoms with Crippen molar-refractivity contribution in [3.63, 3.8) is 0 Å². The molecule has 2 aromatic rings. The van der Waals surface area contributed by atoms with Crippen LogP contribution >= 0.6 is 11.6 Å². The van der Waals surface area contributed by atoms with Crippen molar-refractivity contribution in [2.45, 2.75) is 0 Å². The van der Waals surface area contributed by atoms with Gasteiger partial charge in [-0.15, -0.1) is 0 Å². The Balaban J connectivity index is 1.59. The van der Waals surface area contributed by atoms with Gasteiger partial charge in [0.25, 0.3) is 0 Å². The van der Waals surface area contributed by atoms with Crippen molar-refractivity contribution in [1.82, 2.24) is 0 Å². The van der Waals surface area contributed by atoms with E-state index in [2.05, 4.69) is 21.6 Å². The predicted octanol–water partition coefficient (Wildman–Crippen LogP) is 3.23. The van der Waals surface area contributed by atoms with E-state index >= 15 is 0 Å². The summed E-state index contributed by atoms with van der Waals surface area (Å²) in [5.74, 6) is -0.103. The van der Waals surface area contributed by atoms with Crippen LogP contribution in [-0.2, 0) is 9.53 Å². The molecule has 24 heavy (non-hydrogen) atoms. The lowest BCUT2D eigenvalue weighted by Gasteiger charge is -2.30. The summed E-state index contributed by atoms with van der Waals surface area (Å²) in [6.45, 7) is 3.37. The van der Waals surface area contributed by atoms with Gasteiger partial charge in [-0.1, -0.05) is 23.7 Å². The zero-order valence-corrected chi connectivity index (χ0v) is 14.1. The van der Waals surface area contributed by atoms with Crippen LogP contribution in [0, 0.1) is 0 Å². The largest absolute Gasteiger partial charge is 0.378 e. The highest BCUT2D eigenvalue weighted by Gasteiger charge is 2.14. The minimum Gasteiger partial charge on any atom is -0.378 e. The average molecular weight is 346 g/mol. The van der Waals surface area contributed by atoms with Gasteiger partial charge in [-0.2, -0.15) is 0 Å². The Morgan fingerprint density at radius 1 is 1.08 bits per heavy atom. The molecule has 0 atom stereocenters. The molecule has 6 heteroatoms. The van der Waals surface area contributed by atoms with Crippen molar-refractivity contribution < 1.29 is 9.53 Å². The first kappa shape index (κ1) is 16.6. The number of anilines is 3. The summed E-state index contributed by atoms with van der Waals surface area (Å²) in [6.07, 6.45) is 0. The van der Waals surface area contributed by atoms with E-state index in [1.165, 1.54) is 0 Å². The number of rotatable bonds is 5. The van der Waals surface area contributed by atoms with Gasteiger partial charge in [-0.3, -0.25) is 4.79 Å². The van der Waals surface area contributed by atoms with E-state index in [1.807, 2.05) is 18.2 Å². The highest BCUT2D eigenvalue weighted by Crippen LogP contribution is 2.26. The fourth-order valence-corrected chi connectivity index (χ4v) is 2.74. The summed E-state index contributed by atoms with van der Waals surface area (Å²) in [5.41, 5.74) is 2.78. The number of amides is 1. The molecule has 126 valence electrons. The molecule has 1 aliphatic rings. The van der Waals surface area contributed by atoms with E-state index in [1.54, 1.807) is 24.3 Å². The van der Waals surface area contributed by atoms with Gasteiger partial charge >= 0.3 is 0 Å². The maximum absolute atomic E-state index is 12.1. The predicted molar refractivity (Wildman–Crippen MR) is 98.0 cm³/mol. The van der Waals surface area contributed by atoms with Crippen LogP contribution in [0.5, 0.6) is 0 Å². The average Bonchev–Trinajstić information content (AvgIpc) is 2.63. The molecule has 0 spiro atoms. The normalized spacial score (nSPS) is 14.3. The second-order valence-electron chi connectivity index (χ2n) is 5.53. The zero-order valence-electron chi connectivity index (χ0n) is 13.3. The van der Waals surface area contributed by atoms with Crippen LogP contribution in [0.3, 0.4) is 0 Å². The van der Waals surface area contributed by atoms with E-state index in [0.717, 1.165) is 43.4 Å². The van der Waals surface area contributed by atoms with Crippen LogP contribution in [-0.4, -0.2) is 38.8 Å². The number of hydrogen-bond donors (Lipinski definition) is 2. The lowest BCUT2D eigenvalue weighted by molar-refractivity contribution is -0.114. The second-order valence-corrected chi connectivity index (χ2v) is 5.96. The fraction of sp³-hybridized carbons (Fsp3) is 0.278. The molecule has 1 amide bonds. The molecule has 0 bridgehead atoms. The maximum Gasteiger partial charge on any atom is 0.243 e. The Labute approximate surface area is 146 Å². The topological polar surface area (TPSA) is 53.6 Å². The van der Waals surface area contributed by atoms with E-state index in [0.29, 0.717) is 5.02 Å². The lowest BCUT2D eigenvalue weighted by Crippen LogP contribution is -2.36. The summed E-state index contributed by atoms with van der Waals surface area (Å²) in [4.78, 5) is 14.4. The van der Waals surface area contributed by atoms with Crippen LogP contribution in [0.1, 0.15) is 0 Å². The number of carbonyl (C=O) groups excluding carboxylic acids is 1. The van der Waals surface area contributed by atoms with Gasteiger partial charge in [-0.25, -0.2) is 0 Å². The van der Waals surface area contributed by atoms with Crippen LogP contribution < -0.4 is 15.5 Å². The van der Waals surface area contributed by atoms with Gasteiger partial charge in [0.2, 0.25) is 5.91 Å². The number of benzene rings is 2. The number of halogens is 1. The SMILES string of the molecule is O=C(CNc1ccccc1N1CCOCC1)Nc1ccc(Cl)cc1. The zero-order chi connectivity index (χ0) is 16.8. The highest BCUT2D eigenvalue weighted by atomic mass is 35.5. The molecule has 1 saturated heterocycles. The smallest absolute Gasteiger partial charge is 0.243 e. The summed E-state index contributed by atoms with van der Waals surface area (Å²) in [7, 11) is 0. The lowest BCUT2D eigenvalue weighted by atomic mass is 10.2. The van der Waals surface area contributed by atoms with Gasteiger partial charge < -0.3 is 20.3 Å². The Morgan fingerprint density at radius 2 is 1.79 bits per heavy atom. The number of hydrogen-bond acceptors (Lipinski definition) is 4. The monoisotopic (exact) mass is 345 g/mol. The van der Waals surface area contributed by atoms with E-state index in [9.17, 15) is 4.79 Å². The second kappa shape index (κ2) is 8.04. The Kier molecular flexibility index (Phi) is 5.56. The van der Waals surface area contributed by atoms with Gasteiger partial charge in [0, 0.05) is 23.8 Å². The van der Waals surface area contributed by atoms with E-state index in [-0.39, 0.29) is 12.5 Å². The summed E-state index contributed by atoms with van der Waals surface area (Å²) >= 11 is 5.84. The highest BCUT2D eigenvalue weighted by molar-refractivity contribution is 6.30. The summed E-state index contributed by atoms with van der Waals surface area (Å²) in [5, 5.41) is 6.71. The minimum absolute atomic E-state index is 0.103. The van der Waals surface area contributed by atoms with Crippen molar-refractivity contribution in [2.24, 2.45) is 0 Å². The standard InChI is InChI=1S/C18H20ClN3O2/c19-14-5-7-15(8-6-14)21-18(23)13-20-16-3-1-2-4-17(16)22-9-11-24-12-10-22/h1-8,20H,9-13H2,(H,21,23). The third kappa shape index (κ3) is 4.40. The quantitative estimate of drug-likeness (QED) is 0.873. The van der Waals surface area contributed by atoms with E-state index < -0.39 is 0 Å². The molecule has 0 saturated carbocycles. The maximum atomic E-state index is 12.1. The van der Waals surface area contributed by atoms with Crippen molar-refractivity contribution >= 4 is 34.6 Å². The molecule has 5 nitrogen and oxygen atoms in total. The molecule has 0 aliphatic carbocycles. The van der Waals surface area contributed by atoms with Crippen molar-refractivity contribution in [3.05, 3.63) is 53.6 Å². The number of morpholine rings is 1. The molecule has 1 fully saturated rings. The summed E-state index contributed by atoms with van der Waals surface area (Å²) < 4.78 is 5.40.